The molecule has 7 heteroatoms. The van der Waals surface area contributed by atoms with E-state index in [-0.39, 0.29) is 6.61 Å². The molecule has 1 unspecified atom stereocenters. The summed E-state index contributed by atoms with van der Waals surface area (Å²) in [7, 11) is 1.62. The molecule has 0 saturated heterocycles. The quantitative estimate of drug-likeness (QED) is 0.269. The largest absolute Gasteiger partial charge is 0.497 e. The van der Waals surface area contributed by atoms with Crippen molar-refractivity contribution in [3.05, 3.63) is 53.7 Å². The van der Waals surface area contributed by atoms with Gasteiger partial charge in [-0.25, -0.2) is 9.59 Å². The van der Waals surface area contributed by atoms with Crippen molar-refractivity contribution in [1.82, 2.24) is 4.57 Å². The third-order valence-electron chi connectivity index (χ3n) is 5.62. The SMILES string of the molecule is CCCCCOC(=O)C(C)Oc1ccc2c(c1)c(C(=O)OCC)c(C)n2-c1ccc(OC)cc1. The molecule has 0 N–H and O–H groups in total. The molecule has 3 rings (SSSR count). The van der Waals surface area contributed by atoms with Crippen LogP contribution in [-0.2, 0) is 14.3 Å². The summed E-state index contributed by atoms with van der Waals surface area (Å²) in [6.07, 6.45) is 2.14. The van der Waals surface area contributed by atoms with Gasteiger partial charge in [-0.2, -0.15) is 0 Å². The summed E-state index contributed by atoms with van der Waals surface area (Å²) < 4.78 is 23.8. The zero-order chi connectivity index (χ0) is 24.7. The van der Waals surface area contributed by atoms with E-state index in [0.717, 1.165) is 41.9 Å². The average Bonchev–Trinajstić information content (AvgIpc) is 3.12. The summed E-state index contributed by atoms with van der Waals surface area (Å²) >= 11 is 0. The first-order valence-electron chi connectivity index (χ1n) is 11.7. The van der Waals surface area contributed by atoms with Crippen molar-refractivity contribution >= 4 is 22.8 Å². The fraction of sp³-hybridized carbons (Fsp3) is 0.407. The van der Waals surface area contributed by atoms with Crippen molar-refractivity contribution in [2.24, 2.45) is 0 Å². The number of hydrogen-bond donors (Lipinski definition) is 0. The molecule has 1 aromatic heterocycles. The van der Waals surface area contributed by atoms with Gasteiger partial charge in [-0.05, 0) is 69.7 Å². The van der Waals surface area contributed by atoms with Gasteiger partial charge in [-0.15, -0.1) is 0 Å². The van der Waals surface area contributed by atoms with Gasteiger partial charge in [-0.3, -0.25) is 0 Å². The maximum Gasteiger partial charge on any atom is 0.347 e. The Bertz CT molecular complexity index is 1130. The van der Waals surface area contributed by atoms with E-state index in [1.165, 1.54) is 0 Å². The number of carbonyl (C=O) groups is 2. The minimum Gasteiger partial charge on any atom is -0.497 e. The first-order valence-corrected chi connectivity index (χ1v) is 11.7. The van der Waals surface area contributed by atoms with Crippen LogP contribution in [-0.4, -0.2) is 42.9 Å². The van der Waals surface area contributed by atoms with Crippen LogP contribution in [0.25, 0.3) is 16.6 Å². The van der Waals surface area contributed by atoms with Crippen molar-refractivity contribution in [3.63, 3.8) is 0 Å². The second-order valence-corrected chi connectivity index (χ2v) is 8.03. The van der Waals surface area contributed by atoms with Crippen molar-refractivity contribution in [2.45, 2.75) is 53.1 Å². The zero-order valence-electron chi connectivity index (χ0n) is 20.6. The molecule has 0 spiro atoms. The summed E-state index contributed by atoms with van der Waals surface area (Å²) in [6, 6.07) is 13.0. The molecule has 0 saturated carbocycles. The second-order valence-electron chi connectivity index (χ2n) is 8.03. The highest BCUT2D eigenvalue weighted by molar-refractivity contribution is 6.07. The van der Waals surface area contributed by atoms with Gasteiger partial charge in [0.2, 0.25) is 0 Å². The molecule has 182 valence electrons. The highest BCUT2D eigenvalue weighted by Crippen LogP contribution is 2.33. The number of unbranched alkanes of at least 4 members (excludes halogenated alkanes) is 2. The van der Waals surface area contributed by atoms with Gasteiger partial charge in [0.05, 0.1) is 31.4 Å². The lowest BCUT2D eigenvalue weighted by molar-refractivity contribution is -0.151. The molecule has 0 aliphatic rings. The second kappa shape index (κ2) is 11.6. The Balaban J connectivity index is 1.96. The normalized spacial score (nSPS) is 11.8. The van der Waals surface area contributed by atoms with E-state index in [1.54, 1.807) is 33.1 Å². The van der Waals surface area contributed by atoms with E-state index in [9.17, 15) is 9.59 Å². The number of hydrogen-bond acceptors (Lipinski definition) is 6. The maximum absolute atomic E-state index is 12.9. The number of rotatable bonds is 11. The molecule has 0 amide bonds. The molecule has 1 heterocycles. The minimum atomic E-state index is -0.769. The van der Waals surface area contributed by atoms with E-state index in [2.05, 4.69) is 6.92 Å². The van der Waals surface area contributed by atoms with Crippen LogP contribution < -0.4 is 9.47 Å². The van der Waals surface area contributed by atoms with E-state index < -0.39 is 18.0 Å². The highest BCUT2D eigenvalue weighted by Gasteiger charge is 2.23. The number of esters is 2. The van der Waals surface area contributed by atoms with Crippen molar-refractivity contribution in [2.75, 3.05) is 20.3 Å². The van der Waals surface area contributed by atoms with E-state index in [1.807, 2.05) is 41.8 Å². The van der Waals surface area contributed by atoms with Crippen LogP contribution in [0.3, 0.4) is 0 Å². The van der Waals surface area contributed by atoms with Gasteiger partial charge in [0.15, 0.2) is 6.10 Å². The van der Waals surface area contributed by atoms with Crippen molar-refractivity contribution in [3.8, 4) is 17.2 Å². The van der Waals surface area contributed by atoms with Gasteiger partial charge in [0.1, 0.15) is 11.5 Å². The van der Waals surface area contributed by atoms with Crippen LogP contribution in [0.4, 0.5) is 0 Å². The van der Waals surface area contributed by atoms with Crippen LogP contribution >= 0.6 is 0 Å². The Morgan fingerprint density at radius 1 is 0.971 bits per heavy atom. The fourth-order valence-electron chi connectivity index (χ4n) is 3.89. The summed E-state index contributed by atoms with van der Waals surface area (Å²) in [5.74, 6) is 0.407. The predicted molar refractivity (Wildman–Crippen MR) is 131 cm³/mol. The lowest BCUT2D eigenvalue weighted by Crippen LogP contribution is -2.26. The van der Waals surface area contributed by atoms with Crippen molar-refractivity contribution in [1.29, 1.82) is 0 Å². The van der Waals surface area contributed by atoms with Crippen LogP contribution in [0, 0.1) is 6.92 Å². The summed E-state index contributed by atoms with van der Waals surface area (Å²) in [5.41, 5.74) is 2.93. The number of benzene rings is 2. The molecule has 1 atom stereocenters. The van der Waals surface area contributed by atoms with E-state index in [0.29, 0.717) is 23.3 Å². The molecule has 0 aliphatic heterocycles. The Hall–Kier alpha value is -3.48. The number of nitrogens with zero attached hydrogens (tertiary/aromatic N) is 1. The monoisotopic (exact) mass is 467 g/mol. The molecule has 0 radical (unpaired) electrons. The van der Waals surface area contributed by atoms with Crippen LogP contribution in [0.1, 0.15) is 56.1 Å². The van der Waals surface area contributed by atoms with Crippen molar-refractivity contribution < 1.29 is 28.5 Å². The molecular weight excluding hydrogens is 434 g/mol. The van der Waals surface area contributed by atoms with Gasteiger partial charge in [0, 0.05) is 16.8 Å². The smallest absolute Gasteiger partial charge is 0.347 e. The molecule has 34 heavy (non-hydrogen) atoms. The lowest BCUT2D eigenvalue weighted by Gasteiger charge is -2.14. The number of ether oxygens (including phenoxy) is 4. The minimum absolute atomic E-state index is 0.268. The average molecular weight is 468 g/mol. The molecule has 0 aliphatic carbocycles. The van der Waals surface area contributed by atoms with E-state index >= 15 is 0 Å². The van der Waals surface area contributed by atoms with Gasteiger partial charge in [-0.1, -0.05) is 19.8 Å². The molecule has 7 nitrogen and oxygen atoms in total. The van der Waals surface area contributed by atoms with Gasteiger partial charge < -0.3 is 23.5 Å². The molecular formula is C27H33NO6. The Kier molecular flexibility index (Phi) is 8.57. The third-order valence-corrected chi connectivity index (χ3v) is 5.62. The van der Waals surface area contributed by atoms with Crippen LogP contribution in [0.2, 0.25) is 0 Å². The van der Waals surface area contributed by atoms with E-state index in [4.69, 9.17) is 18.9 Å². The standard InChI is InChI=1S/C27H33NO6/c1-6-8-9-16-33-26(29)19(4)34-22-14-15-24-23(17-22)25(27(30)32-7-2)18(3)28(24)20-10-12-21(31-5)13-11-20/h10-15,17,19H,6-9,16H2,1-5H3. The number of methoxy groups -OCH3 is 1. The van der Waals surface area contributed by atoms with Crippen LogP contribution in [0.5, 0.6) is 11.5 Å². The molecule has 0 fully saturated rings. The Morgan fingerprint density at radius 3 is 2.32 bits per heavy atom. The first kappa shape index (κ1) is 25.1. The topological polar surface area (TPSA) is 76.0 Å². The lowest BCUT2D eigenvalue weighted by atomic mass is 10.1. The Morgan fingerprint density at radius 2 is 1.68 bits per heavy atom. The molecule has 2 aromatic carbocycles. The van der Waals surface area contributed by atoms with Crippen LogP contribution in [0.15, 0.2) is 42.5 Å². The van der Waals surface area contributed by atoms with Gasteiger partial charge in [0.25, 0.3) is 0 Å². The molecule has 3 aromatic rings. The Labute approximate surface area is 200 Å². The number of fused-ring (bicyclic) bond motifs is 1. The number of carbonyl (C=O) groups excluding carboxylic acids is 2. The molecule has 0 bridgehead atoms. The summed E-state index contributed by atoms with van der Waals surface area (Å²) in [4.78, 5) is 25.2. The third kappa shape index (κ3) is 5.53. The summed E-state index contributed by atoms with van der Waals surface area (Å²) in [5, 5.41) is 0.688. The fourth-order valence-corrected chi connectivity index (χ4v) is 3.89. The predicted octanol–water partition coefficient (Wildman–Crippen LogP) is 5.62. The maximum atomic E-state index is 12.9. The van der Waals surface area contributed by atoms with Gasteiger partial charge >= 0.3 is 11.9 Å². The first-order chi connectivity index (χ1) is 16.4. The number of aromatic nitrogens is 1. The zero-order valence-corrected chi connectivity index (χ0v) is 20.6. The highest BCUT2D eigenvalue weighted by atomic mass is 16.6. The summed E-state index contributed by atoms with van der Waals surface area (Å²) in [6.45, 7) is 8.07.